The van der Waals surface area contributed by atoms with Crippen molar-refractivity contribution >= 4 is 29.1 Å². The molecule has 0 radical (unpaired) electrons. The number of aromatic nitrogens is 1. The van der Waals surface area contributed by atoms with Crippen LogP contribution < -0.4 is 16.0 Å². The number of amides is 2. The Morgan fingerprint density at radius 2 is 1.96 bits per heavy atom. The molecule has 144 valence electrons. The first-order valence-electron chi connectivity index (χ1n) is 8.41. The number of pyridine rings is 1. The van der Waals surface area contributed by atoms with Gasteiger partial charge in [-0.05, 0) is 42.2 Å². The Morgan fingerprint density at radius 3 is 2.56 bits per heavy atom. The molecule has 0 aliphatic rings. The zero-order valence-corrected chi connectivity index (χ0v) is 15.4. The van der Waals surface area contributed by atoms with Crippen LogP contribution in [0.2, 0.25) is 0 Å². The first-order valence-corrected chi connectivity index (χ1v) is 8.41. The van der Waals surface area contributed by atoms with E-state index in [1.807, 2.05) is 20.8 Å². The van der Waals surface area contributed by atoms with Crippen LogP contribution >= 0.6 is 0 Å². The van der Waals surface area contributed by atoms with Gasteiger partial charge in [0.05, 0.1) is 23.3 Å². The van der Waals surface area contributed by atoms with Crippen LogP contribution in [0.25, 0.3) is 0 Å². The highest BCUT2D eigenvalue weighted by Gasteiger charge is 2.27. The average molecular weight is 374 g/mol. The minimum Gasteiger partial charge on any atom is -0.465 e. The zero-order chi connectivity index (χ0) is 20.0. The van der Waals surface area contributed by atoms with E-state index >= 15 is 0 Å². The zero-order valence-electron chi connectivity index (χ0n) is 15.4. The third-order valence-electron chi connectivity index (χ3n) is 3.61. The fraction of sp³-hybridized carbons (Fsp3) is 0.316. The van der Waals surface area contributed by atoms with E-state index in [1.165, 1.54) is 18.2 Å². The summed E-state index contributed by atoms with van der Waals surface area (Å²) in [6.45, 7) is 5.72. The Morgan fingerprint density at radius 1 is 1.22 bits per heavy atom. The van der Waals surface area contributed by atoms with Crippen LogP contribution in [0.1, 0.15) is 27.2 Å². The van der Waals surface area contributed by atoms with Crippen LogP contribution in [-0.2, 0) is 4.79 Å². The van der Waals surface area contributed by atoms with Gasteiger partial charge in [-0.1, -0.05) is 20.8 Å². The molecule has 1 aromatic carbocycles. The van der Waals surface area contributed by atoms with Crippen molar-refractivity contribution in [1.82, 2.24) is 10.3 Å². The summed E-state index contributed by atoms with van der Waals surface area (Å²) in [7, 11) is 0. The van der Waals surface area contributed by atoms with E-state index in [9.17, 15) is 14.0 Å². The first-order chi connectivity index (χ1) is 12.6. The van der Waals surface area contributed by atoms with Gasteiger partial charge in [-0.15, -0.1) is 0 Å². The summed E-state index contributed by atoms with van der Waals surface area (Å²) in [6.07, 6.45) is 2.18. The second-order valence-electron chi connectivity index (χ2n) is 7.31. The van der Waals surface area contributed by atoms with Crippen molar-refractivity contribution in [3.63, 3.8) is 0 Å². The Bertz CT molecular complexity index is 806. The van der Waals surface area contributed by atoms with E-state index in [4.69, 9.17) is 5.11 Å². The molecule has 0 aliphatic carbocycles. The first kappa shape index (κ1) is 20.2. The summed E-state index contributed by atoms with van der Waals surface area (Å²) < 4.78 is 13.7. The maximum atomic E-state index is 13.7. The van der Waals surface area contributed by atoms with Crippen molar-refractivity contribution in [2.75, 3.05) is 10.6 Å². The molecule has 0 bridgehead atoms. The average Bonchev–Trinajstić information content (AvgIpc) is 2.56. The number of carbonyl (C=O) groups is 2. The maximum absolute atomic E-state index is 13.7. The summed E-state index contributed by atoms with van der Waals surface area (Å²) in [4.78, 5) is 27.7. The second kappa shape index (κ2) is 8.48. The highest BCUT2D eigenvalue weighted by molar-refractivity contribution is 5.99. The number of rotatable bonds is 6. The lowest BCUT2D eigenvalue weighted by Crippen LogP contribution is -2.45. The number of benzene rings is 1. The number of carboxylic acid groups (broad SMARTS) is 1. The van der Waals surface area contributed by atoms with Crippen LogP contribution in [0.15, 0.2) is 42.7 Å². The van der Waals surface area contributed by atoms with Crippen LogP contribution in [-0.4, -0.2) is 28.1 Å². The molecule has 4 N–H and O–H groups in total. The molecule has 1 unspecified atom stereocenters. The number of hydrogen-bond acceptors (Lipinski definition) is 4. The standard InChI is InChI=1S/C19H23FN4O3/c1-19(2,3)10-16(24-18(26)27)17(25)23-14-7-6-12(20)9-15(14)22-13-5-4-8-21-11-13/h4-9,11,16,22,24H,10H2,1-3H3,(H,23,25)(H,26,27). The van der Waals surface area contributed by atoms with Gasteiger partial charge in [-0.2, -0.15) is 0 Å². The van der Waals surface area contributed by atoms with Gasteiger partial charge in [-0.25, -0.2) is 9.18 Å². The van der Waals surface area contributed by atoms with Gasteiger partial charge in [0.25, 0.3) is 0 Å². The Hall–Kier alpha value is -3.16. The molecule has 8 heteroatoms. The van der Waals surface area contributed by atoms with E-state index in [0.717, 1.165) is 0 Å². The minimum absolute atomic E-state index is 0.274. The van der Waals surface area contributed by atoms with Crippen LogP contribution in [0, 0.1) is 11.2 Å². The highest BCUT2D eigenvalue weighted by atomic mass is 19.1. The Labute approximate surface area is 157 Å². The molecular formula is C19H23FN4O3. The lowest BCUT2D eigenvalue weighted by Gasteiger charge is -2.25. The van der Waals surface area contributed by atoms with E-state index in [2.05, 4.69) is 20.9 Å². The predicted molar refractivity (Wildman–Crippen MR) is 102 cm³/mol. The molecule has 0 saturated heterocycles. The summed E-state index contributed by atoms with van der Waals surface area (Å²) in [6, 6.07) is 6.40. The van der Waals surface area contributed by atoms with Crippen molar-refractivity contribution < 1.29 is 19.1 Å². The number of hydrogen-bond donors (Lipinski definition) is 4. The maximum Gasteiger partial charge on any atom is 0.405 e. The normalized spacial score (nSPS) is 12.1. The molecule has 0 aliphatic heterocycles. The smallest absolute Gasteiger partial charge is 0.405 e. The number of carbonyl (C=O) groups excluding carboxylic acids is 1. The third-order valence-corrected chi connectivity index (χ3v) is 3.61. The largest absolute Gasteiger partial charge is 0.465 e. The van der Waals surface area contributed by atoms with Crippen LogP contribution in [0.4, 0.5) is 26.2 Å². The topological polar surface area (TPSA) is 103 Å². The van der Waals surface area contributed by atoms with E-state index in [0.29, 0.717) is 23.5 Å². The lowest BCUT2D eigenvalue weighted by molar-refractivity contribution is -0.118. The van der Waals surface area contributed by atoms with Crippen LogP contribution in [0.5, 0.6) is 0 Å². The van der Waals surface area contributed by atoms with Crippen molar-refractivity contribution in [2.24, 2.45) is 5.41 Å². The SMILES string of the molecule is CC(C)(C)CC(NC(=O)O)C(=O)Nc1ccc(F)cc1Nc1cccnc1. The molecule has 7 nitrogen and oxygen atoms in total. The van der Waals surface area contributed by atoms with Crippen molar-refractivity contribution in [3.05, 3.63) is 48.5 Å². The summed E-state index contributed by atoms with van der Waals surface area (Å²) >= 11 is 0. The molecule has 2 amide bonds. The molecule has 27 heavy (non-hydrogen) atoms. The number of anilines is 3. The number of nitrogens with one attached hydrogen (secondary N) is 3. The molecule has 2 rings (SSSR count). The monoisotopic (exact) mass is 374 g/mol. The summed E-state index contributed by atoms with van der Waals surface area (Å²) in [5, 5.41) is 16.9. The van der Waals surface area contributed by atoms with Crippen molar-refractivity contribution in [1.29, 1.82) is 0 Å². The van der Waals surface area contributed by atoms with Gasteiger partial charge in [-0.3, -0.25) is 9.78 Å². The third kappa shape index (κ3) is 6.58. The fourth-order valence-electron chi connectivity index (χ4n) is 2.51. The molecule has 2 aromatic rings. The van der Waals surface area contributed by atoms with Crippen molar-refractivity contribution in [3.8, 4) is 0 Å². The summed E-state index contributed by atoms with van der Waals surface area (Å²) in [5.74, 6) is -0.998. The molecule has 0 fully saturated rings. The van der Waals surface area contributed by atoms with Gasteiger partial charge >= 0.3 is 6.09 Å². The Balaban J connectivity index is 2.23. The molecule has 1 atom stereocenters. The van der Waals surface area contributed by atoms with Gasteiger partial charge in [0.2, 0.25) is 5.91 Å². The number of halogens is 1. The minimum atomic E-state index is -1.28. The molecule has 0 saturated carbocycles. The number of nitrogens with zero attached hydrogens (tertiary/aromatic N) is 1. The highest BCUT2D eigenvalue weighted by Crippen LogP contribution is 2.27. The Kier molecular flexibility index (Phi) is 6.33. The van der Waals surface area contributed by atoms with Gasteiger partial charge in [0.15, 0.2) is 0 Å². The molecule has 1 aromatic heterocycles. The lowest BCUT2D eigenvalue weighted by atomic mass is 9.88. The summed E-state index contributed by atoms with van der Waals surface area (Å²) in [5.41, 5.74) is 1.01. The molecule has 0 spiro atoms. The van der Waals surface area contributed by atoms with Gasteiger partial charge < -0.3 is 21.1 Å². The van der Waals surface area contributed by atoms with Gasteiger partial charge in [0.1, 0.15) is 11.9 Å². The molecule has 1 heterocycles. The fourth-order valence-corrected chi connectivity index (χ4v) is 2.51. The second-order valence-corrected chi connectivity index (χ2v) is 7.31. The molecular weight excluding hydrogens is 351 g/mol. The van der Waals surface area contributed by atoms with E-state index < -0.39 is 23.9 Å². The van der Waals surface area contributed by atoms with Crippen molar-refractivity contribution in [2.45, 2.75) is 33.2 Å². The van der Waals surface area contributed by atoms with Gasteiger partial charge in [0, 0.05) is 6.20 Å². The van der Waals surface area contributed by atoms with E-state index in [-0.39, 0.29) is 5.41 Å². The van der Waals surface area contributed by atoms with Crippen LogP contribution in [0.3, 0.4) is 0 Å². The quantitative estimate of drug-likeness (QED) is 0.612. The predicted octanol–water partition coefficient (Wildman–Crippen LogP) is 3.98. The van der Waals surface area contributed by atoms with E-state index in [1.54, 1.807) is 24.5 Å².